The highest BCUT2D eigenvalue weighted by molar-refractivity contribution is 8.00. The van der Waals surface area contributed by atoms with Gasteiger partial charge in [0.15, 0.2) is 0 Å². The van der Waals surface area contributed by atoms with E-state index in [9.17, 15) is 9.90 Å². The summed E-state index contributed by atoms with van der Waals surface area (Å²) >= 11 is 7.23. The Morgan fingerprint density at radius 3 is 2.43 bits per heavy atom. The minimum Gasteiger partial charge on any atom is -0.480 e. The lowest BCUT2D eigenvalue weighted by Crippen LogP contribution is -2.19. The summed E-state index contributed by atoms with van der Waals surface area (Å²) in [5, 5.41) is 11.9. The lowest BCUT2D eigenvalue weighted by atomic mass is 10.0. The molecule has 0 aromatic heterocycles. The molecular weight excluding hydrogens is 328 g/mol. The Morgan fingerprint density at radius 1 is 1.00 bits per heavy atom. The Balaban J connectivity index is 1.87. The maximum Gasteiger partial charge on any atom is 0.317 e. The van der Waals surface area contributed by atoms with Gasteiger partial charge in [0.25, 0.3) is 0 Å². The molecule has 0 heterocycles. The largest absolute Gasteiger partial charge is 0.480 e. The van der Waals surface area contributed by atoms with Gasteiger partial charge in [-0.3, -0.25) is 4.79 Å². The molecule has 3 aromatic rings. The number of halogens is 1. The second-order valence-corrected chi connectivity index (χ2v) is 6.95. The molecule has 0 saturated carbocycles. The van der Waals surface area contributed by atoms with Crippen molar-refractivity contribution in [3.05, 3.63) is 77.3 Å². The Kier molecular flexibility index (Phi) is 4.89. The number of hydrogen-bond donors (Lipinski definition) is 1. The predicted octanol–water partition coefficient (Wildman–Crippen LogP) is 5.28. The first kappa shape index (κ1) is 15.9. The average molecular weight is 343 g/mol. The molecule has 23 heavy (non-hydrogen) atoms. The van der Waals surface area contributed by atoms with Gasteiger partial charge in [-0.15, -0.1) is 11.8 Å². The van der Waals surface area contributed by atoms with Crippen molar-refractivity contribution in [2.45, 2.75) is 16.6 Å². The molecule has 0 spiro atoms. The number of aliphatic carboxylic acids is 1. The number of carbonyl (C=O) groups is 1. The van der Waals surface area contributed by atoms with Crippen LogP contribution in [0.5, 0.6) is 0 Å². The van der Waals surface area contributed by atoms with Crippen LogP contribution in [-0.2, 0) is 11.2 Å². The van der Waals surface area contributed by atoms with Crippen LogP contribution in [0.4, 0.5) is 0 Å². The summed E-state index contributed by atoms with van der Waals surface area (Å²) in [7, 11) is 0. The normalized spacial score (nSPS) is 12.2. The van der Waals surface area contributed by atoms with Crippen LogP contribution in [0.1, 0.15) is 5.56 Å². The Morgan fingerprint density at radius 2 is 1.70 bits per heavy atom. The summed E-state index contributed by atoms with van der Waals surface area (Å²) in [6.07, 6.45) is 0.476. The number of fused-ring (bicyclic) bond motifs is 1. The van der Waals surface area contributed by atoms with E-state index >= 15 is 0 Å². The molecule has 0 radical (unpaired) electrons. The summed E-state index contributed by atoms with van der Waals surface area (Å²) in [5.74, 6) is -0.808. The van der Waals surface area contributed by atoms with E-state index in [1.807, 2.05) is 54.6 Å². The van der Waals surface area contributed by atoms with Gasteiger partial charge in [-0.25, -0.2) is 0 Å². The third-order valence-corrected chi connectivity index (χ3v) is 5.10. The van der Waals surface area contributed by atoms with E-state index in [4.69, 9.17) is 11.6 Å². The second-order valence-electron chi connectivity index (χ2n) is 5.24. The van der Waals surface area contributed by atoms with Gasteiger partial charge in [0.2, 0.25) is 0 Å². The lowest BCUT2D eigenvalue weighted by Gasteiger charge is -2.14. The Labute approximate surface area is 144 Å². The maximum absolute atomic E-state index is 11.7. The number of carboxylic acids is 1. The molecule has 0 aliphatic rings. The topological polar surface area (TPSA) is 37.3 Å². The van der Waals surface area contributed by atoms with E-state index in [1.54, 1.807) is 12.1 Å². The van der Waals surface area contributed by atoms with Gasteiger partial charge in [-0.05, 0) is 47.0 Å². The molecule has 0 saturated heterocycles. The van der Waals surface area contributed by atoms with E-state index in [0.717, 1.165) is 21.2 Å². The summed E-state index contributed by atoms with van der Waals surface area (Å²) in [6, 6.07) is 21.3. The quantitative estimate of drug-likeness (QED) is 0.641. The van der Waals surface area contributed by atoms with Gasteiger partial charge in [-0.1, -0.05) is 54.1 Å². The average Bonchev–Trinajstić information content (AvgIpc) is 2.56. The molecule has 116 valence electrons. The van der Waals surface area contributed by atoms with Gasteiger partial charge >= 0.3 is 5.97 Å². The molecule has 0 amide bonds. The van der Waals surface area contributed by atoms with Crippen LogP contribution < -0.4 is 0 Å². The minimum absolute atomic E-state index is 0.476. The molecule has 3 aromatic carbocycles. The fourth-order valence-corrected chi connectivity index (χ4v) is 3.64. The van der Waals surface area contributed by atoms with Crippen molar-refractivity contribution in [3.63, 3.8) is 0 Å². The van der Waals surface area contributed by atoms with Crippen LogP contribution in [0.15, 0.2) is 71.6 Å². The van der Waals surface area contributed by atoms with Gasteiger partial charge in [0.1, 0.15) is 5.25 Å². The molecule has 0 aliphatic heterocycles. The van der Waals surface area contributed by atoms with E-state index < -0.39 is 11.2 Å². The van der Waals surface area contributed by atoms with E-state index in [1.165, 1.54) is 11.8 Å². The molecule has 4 heteroatoms. The predicted molar refractivity (Wildman–Crippen MR) is 96.4 cm³/mol. The van der Waals surface area contributed by atoms with Gasteiger partial charge < -0.3 is 5.11 Å². The molecule has 1 atom stereocenters. The third kappa shape index (κ3) is 3.87. The molecule has 3 rings (SSSR count). The number of carboxylic acid groups (broad SMARTS) is 1. The van der Waals surface area contributed by atoms with Gasteiger partial charge in [0.05, 0.1) is 0 Å². The zero-order valence-corrected chi connectivity index (χ0v) is 13.8. The number of thioether (sulfide) groups is 1. The first-order chi connectivity index (χ1) is 11.1. The van der Waals surface area contributed by atoms with E-state index in [2.05, 4.69) is 0 Å². The van der Waals surface area contributed by atoms with Crippen LogP contribution in [0.2, 0.25) is 5.02 Å². The standard InChI is InChI=1S/C19H15ClO2S/c20-15-8-10-16(11-9-15)23-18(19(21)22)12-14-6-3-5-13-4-1-2-7-17(13)14/h1-11,18H,12H2,(H,21,22)/t18-/m1/s1. The Hall–Kier alpha value is -1.97. The summed E-state index contributed by atoms with van der Waals surface area (Å²) in [4.78, 5) is 12.6. The monoisotopic (exact) mass is 342 g/mol. The lowest BCUT2D eigenvalue weighted by molar-refractivity contribution is -0.136. The van der Waals surface area contributed by atoms with Gasteiger partial charge in [-0.2, -0.15) is 0 Å². The highest BCUT2D eigenvalue weighted by atomic mass is 35.5. The van der Waals surface area contributed by atoms with Crippen molar-refractivity contribution in [1.29, 1.82) is 0 Å². The van der Waals surface area contributed by atoms with Crippen molar-refractivity contribution in [1.82, 2.24) is 0 Å². The van der Waals surface area contributed by atoms with Crippen molar-refractivity contribution in [2.75, 3.05) is 0 Å². The third-order valence-electron chi connectivity index (χ3n) is 3.65. The van der Waals surface area contributed by atoms with Crippen molar-refractivity contribution in [2.24, 2.45) is 0 Å². The van der Waals surface area contributed by atoms with Gasteiger partial charge in [0, 0.05) is 9.92 Å². The maximum atomic E-state index is 11.7. The van der Waals surface area contributed by atoms with Crippen LogP contribution in [0.25, 0.3) is 10.8 Å². The summed E-state index contributed by atoms with van der Waals surface area (Å²) in [6.45, 7) is 0. The van der Waals surface area contributed by atoms with Crippen molar-refractivity contribution < 1.29 is 9.90 Å². The molecule has 0 fully saturated rings. The van der Waals surface area contributed by atoms with Crippen molar-refractivity contribution >= 4 is 40.1 Å². The molecule has 0 bridgehead atoms. The zero-order valence-electron chi connectivity index (χ0n) is 12.3. The minimum atomic E-state index is -0.808. The van der Waals surface area contributed by atoms with E-state index in [-0.39, 0.29) is 0 Å². The number of benzene rings is 3. The molecular formula is C19H15ClO2S. The molecule has 1 N–H and O–H groups in total. The highest BCUT2D eigenvalue weighted by Crippen LogP contribution is 2.29. The van der Waals surface area contributed by atoms with Crippen LogP contribution >= 0.6 is 23.4 Å². The fraction of sp³-hybridized carbons (Fsp3) is 0.105. The summed E-state index contributed by atoms with van der Waals surface area (Å²) < 4.78 is 0. The second kappa shape index (κ2) is 7.07. The van der Waals surface area contributed by atoms with E-state index in [0.29, 0.717) is 11.4 Å². The highest BCUT2D eigenvalue weighted by Gasteiger charge is 2.20. The summed E-state index contributed by atoms with van der Waals surface area (Å²) in [5.41, 5.74) is 1.05. The number of hydrogen-bond acceptors (Lipinski definition) is 2. The first-order valence-corrected chi connectivity index (χ1v) is 8.51. The van der Waals surface area contributed by atoms with Crippen LogP contribution in [-0.4, -0.2) is 16.3 Å². The van der Waals surface area contributed by atoms with Crippen molar-refractivity contribution in [3.8, 4) is 0 Å². The zero-order chi connectivity index (χ0) is 16.2. The SMILES string of the molecule is O=C(O)[C@@H](Cc1cccc2ccccc12)Sc1ccc(Cl)cc1. The smallest absolute Gasteiger partial charge is 0.317 e. The molecule has 2 nitrogen and oxygen atoms in total. The number of rotatable bonds is 5. The first-order valence-electron chi connectivity index (χ1n) is 7.25. The van der Waals surface area contributed by atoms with Crippen LogP contribution in [0.3, 0.4) is 0 Å². The fourth-order valence-electron chi connectivity index (χ4n) is 2.53. The molecule has 0 unspecified atom stereocenters. The van der Waals surface area contributed by atoms with Crippen LogP contribution in [0, 0.1) is 0 Å². The Bertz CT molecular complexity index is 825. The molecule has 0 aliphatic carbocycles.